The van der Waals surface area contributed by atoms with Crippen molar-refractivity contribution in [3.8, 4) is 0 Å². The molecule has 1 unspecified atom stereocenters. The van der Waals surface area contributed by atoms with Gasteiger partial charge in [0.05, 0.1) is 11.1 Å². The van der Waals surface area contributed by atoms with Crippen LogP contribution in [0.1, 0.15) is 59.2 Å². The number of fused-ring (bicyclic) bond motifs is 1. The molecule has 2 saturated heterocycles. The minimum absolute atomic E-state index is 0.0848. The van der Waals surface area contributed by atoms with E-state index >= 15 is 0 Å². The highest BCUT2D eigenvalue weighted by molar-refractivity contribution is 6.25. The molecule has 34 heavy (non-hydrogen) atoms. The molecule has 0 aliphatic carbocycles. The van der Waals surface area contributed by atoms with Crippen LogP contribution in [0.25, 0.3) is 0 Å². The number of nitrogens with one attached hydrogen (secondary N) is 2. The molecule has 1 aromatic carbocycles. The van der Waals surface area contributed by atoms with Crippen LogP contribution in [-0.4, -0.2) is 90.0 Å². The van der Waals surface area contributed by atoms with E-state index in [1.807, 2.05) is 11.9 Å². The second-order valence-electron chi connectivity index (χ2n) is 9.10. The minimum Gasteiger partial charge on any atom is -0.383 e. The van der Waals surface area contributed by atoms with E-state index in [0.717, 1.165) is 30.8 Å². The van der Waals surface area contributed by atoms with Crippen LogP contribution < -0.4 is 10.6 Å². The highest BCUT2D eigenvalue weighted by Gasteiger charge is 2.45. The molecule has 10 nitrogen and oxygen atoms in total. The molecule has 182 valence electrons. The Balaban J connectivity index is 1.32. The van der Waals surface area contributed by atoms with Crippen LogP contribution in [0.2, 0.25) is 0 Å². The maximum Gasteiger partial charge on any atom is 0.264 e. The average molecular weight is 470 g/mol. The molecule has 1 atom stereocenters. The van der Waals surface area contributed by atoms with Crippen molar-refractivity contribution in [2.45, 2.75) is 44.6 Å². The van der Waals surface area contributed by atoms with Crippen LogP contribution >= 0.6 is 0 Å². The van der Waals surface area contributed by atoms with Crippen molar-refractivity contribution in [2.75, 3.05) is 45.1 Å². The van der Waals surface area contributed by atoms with E-state index in [-0.39, 0.29) is 29.9 Å². The van der Waals surface area contributed by atoms with Crippen molar-refractivity contribution in [3.63, 3.8) is 0 Å². The number of piperidine rings is 2. The quantitative estimate of drug-likeness (QED) is 0.542. The predicted molar refractivity (Wildman–Crippen MR) is 124 cm³/mol. The first-order valence-electron chi connectivity index (χ1n) is 11.9. The number of nitrogens with zero attached hydrogens (tertiary/aromatic N) is 3. The van der Waals surface area contributed by atoms with Gasteiger partial charge in [-0.25, -0.2) is 0 Å². The van der Waals surface area contributed by atoms with Gasteiger partial charge in [-0.2, -0.15) is 0 Å². The second kappa shape index (κ2) is 10.3. The summed E-state index contributed by atoms with van der Waals surface area (Å²) in [5.41, 5.74) is 1.03. The van der Waals surface area contributed by atoms with Crippen molar-refractivity contribution in [1.29, 1.82) is 0 Å². The fraction of sp³-hybridized carbons (Fsp3) is 0.542. The molecule has 10 heteroatoms. The third-order valence-electron chi connectivity index (χ3n) is 6.69. The van der Waals surface area contributed by atoms with E-state index in [0.29, 0.717) is 31.7 Å². The largest absolute Gasteiger partial charge is 0.383 e. The molecule has 0 spiro atoms. The Morgan fingerprint density at radius 3 is 2.59 bits per heavy atom. The van der Waals surface area contributed by atoms with E-state index in [1.54, 1.807) is 18.2 Å². The van der Waals surface area contributed by atoms with Crippen LogP contribution in [0.4, 0.5) is 5.69 Å². The molecule has 2 N–H and O–H groups in total. The van der Waals surface area contributed by atoms with Gasteiger partial charge in [-0.05, 0) is 44.9 Å². The van der Waals surface area contributed by atoms with Crippen molar-refractivity contribution in [3.05, 3.63) is 29.3 Å². The van der Waals surface area contributed by atoms with Crippen molar-refractivity contribution in [1.82, 2.24) is 20.0 Å². The number of hydrogen-bond acceptors (Lipinski definition) is 7. The van der Waals surface area contributed by atoms with E-state index < -0.39 is 29.7 Å². The van der Waals surface area contributed by atoms with Crippen molar-refractivity contribution >= 4 is 35.2 Å². The molecular formula is C24H31N5O5. The first-order valence-corrected chi connectivity index (χ1v) is 11.9. The van der Waals surface area contributed by atoms with Gasteiger partial charge in [0.15, 0.2) is 0 Å². The maximum atomic E-state index is 13.1. The maximum absolute atomic E-state index is 13.1. The molecule has 0 radical (unpaired) electrons. The Kier molecular flexibility index (Phi) is 7.26. The van der Waals surface area contributed by atoms with E-state index in [1.165, 1.54) is 6.42 Å². The number of rotatable bonds is 8. The zero-order valence-corrected chi connectivity index (χ0v) is 19.5. The number of imide groups is 2. The summed E-state index contributed by atoms with van der Waals surface area (Å²) in [4.78, 5) is 67.1. The van der Waals surface area contributed by atoms with Crippen LogP contribution in [0, 0.1) is 0 Å². The molecular weight excluding hydrogens is 438 g/mol. The van der Waals surface area contributed by atoms with Crippen LogP contribution in [0.15, 0.2) is 18.2 Å². The summed E-state index contributed by atoms with van der Waals surface area (Å²) in [7, 11) is 1.94. The zero-order valence-electron chi connectivity index (χ0n) is 19.5. The molecule has 4 rings (SSSR count). The number of likely N-dealkylation sites (N-methyl/N-ethyl adjacent to an activating group) is 1. The summed E-state index contributed by atoms with van der Waals surface area (Å²) in [6.45, 7) is 3.52. The lowest BCUT2D eigenvalue weighted by molar-refractivity contribution is -0.136. The van der Waals surface area contributed by atoms with Crippen molar-refractivity contribution in [2.24, 2.45) is 0 Å². The van der Waals surface area contributed by atoms with E-state index in [2.05, 4.69) is 15.5 Å². The Bertz CT molecular complexity index is 1000. The van der Waals surface area contributed by atoms with E-state index in [4.69, 9.17) is 0 Å². The van der Waals surface area contributed by atoms with Crippen LogP contribution in [0.5, 0.6) is 0 Å². The van der Waals surface area contributed by atoms with Gasteiger partial charge in [0.1, 0.15) is 6.04 Å². The number of carbonyl (C=O) groups is 5. The highest BCUT2D eigenvalue weighted by atomic mass is 16.2. The summed E-state index contributed by atoms with van der Waals surface area (Å²) in [6, 6.07) is 4.02. The van der Waals surface area contributed by atoms with Gasteiger partial charge in [0.25, 0.3) is 11.8 Å². The number of likely N-dealkylation sites (tertiary alicyclic amines) is 1. The summed E-state index contributed by atoms with van der Waals surface area (Å²) < 4.78 is 0. The minimum atomic E-state index is -0.985. The molecule has 0 saturated carbocycles. The molecule has 3 heterocycles. The Morgan fingerprint density at radius 1 is 1.09 bits per heavy atom. The highest BCUT2D eigenvalue weighted by Crippen LogP contribution is 2.32. The molecule has 3 aliphatic heterocycles. The monoisotopic (exact) mass is 469 g/mol. The summed E-state index contributed by atoms with van der Waals surface area (Å²) in [6.07, 6.45) is 4.04. The second-order valence-corrected chi connectivity index (χ2v) is 9.10. The fourth-order valence-electron chi connectivity index (χ4n) is 4.74. The van der Waals surface area contributed by atoms with Gasteiger partial charge < -0.3 is 15.1 Å². The predicted octanol–water partition coefficient (Wildman–Crippen LogP) is 0.834. The molecule has 0 aromatic heterocycles. The first-order chi connectivity index (χ1) is 16.4. The van der Waals surface area contributed by atoms with Gasteiger partial charge in [0.2, 0.25) is 17.7 Å². The van der Waals surface area contributed by atoms with Gasteiger partial charge in [0, 0.05) is 51.3 Å². The lowest BCUT2D eigenvalue weighted by atomic mass is 10.0. The number of benzene rings is 1. The van der Waals surface area contributed by atoms with Gasteiger partial charge in [-0.3, -0.25) is 34.2 Å². The SMILES string of the molecule is CN(CCNc1cccc2c1C(=O)N(C1CCC(=O)NC1=O)C2=O)CCC(=O)N1CCCCC1. The number of anilines is 1. The lowest BCUT2D eigenvalue weighted by Crippen LogP contribution is -2.54. The molecule has 1 aromatic rings. The van der Waals surface area contributed by atoms with Gasteiger partial charge in [-0.15, -0.1) is 0 Å². The summed E-state index contributed by atoms with van der Waals surface area (Å²) in [5, 5.41) is 5.43. The molecule has 2 fully saturated rings. The number of amides is 5. The normalized spacial score (nSPS) is 20.6. The average Bonchev–Trinajstić information content (AvgIpc) is 3.09. The zero-order chi connectivity index (χ0) is 24.2. The summed E-state index contributed by atoms with van der Waals surface area (Å²) >= 11 is 0. The molecule has 5 amide bonds. The van der Waals surface area contributed by atoms with Gasteiger partial charge in [-0.1, -0.05) is 6.07 Å². The van der Waals surface area contributed by atoms with E-state index in [9.17, 15) is 24.0 Å². The van der Waals surface area contributed by atoms with Crippen LogP contribution in [0.3, 0.4) is 0 Å². The Hall–Kier alpha value is -3.27. The Labute approximate surface area is 198 Å². The van der Waals surface area contributed by atoms with Gasteiger partial charge >= 0.3 is 0 Å². The fourth-order valence-corrected chi connectivity index (χ4v) is 4.74. The smallest absolute Gasteiger partial charge is 0.264 e. The molecule has 0 bridgehead atoms. The number of hydrogen-bond donors (Lipinski definition) is 2. The van der Waals surface area contributed by atoms with Crippen molar-refractivity contribution < 1.29 is 24.0 Å². The molecule has 3 aliphatic rings. The first kappa shape index (κ1) is 23.9. The van der Waals surface area contributed by atoms with Crippen LogP contribution in [-0.2, 0) is 14.4 Å². The Morgan fingerprint density at radius 2 is 1.85 bits per heavy atom. The third-order valence-corrected chi connectivity index (χ3v) is 6.69. The summed E-state index contributed by atoms with van der Waals surface area (Å²) in [5.74, 6) is -1.88. The topological polar surface area (TPSA) is 119 Å². The lowest BCUT2D eigenvalue weighted by Gasteiger charge is -2.28. The number of carbonyl (C=O) groups excluding carboxylic acids is 5. The standard InChI is InChI=1S/C24H31N5O5/c1-27(14-10-20(31)28-12-3-2-4-13-28)15-11-25-17-7-5-6-16-21(17)24(34)29(23(16)33)18-8-9-19(30)26-22(18)32/h5-7,18,25H,2-4,8-15H2,1H3,(H,26,30,32). The third kappa shape index (κ3) is 4.96.